The summed E-state index contributed by atoms with van der Waals surface area (Å²) < 4.78 is 1.58. The lowest BCUT2D eigenvalue weighted by molar-refractivity contribution is 0.112. The molecule has 0 bridgehead atoms. The minimum atomic E-state index is -0.420. The molecule has 0 saturated carbocycles. The minimum Gasteiger partial charge on any atom is -0.306 e. The second-order valence-corrected chi connectivity index (χ2v) is 5.91. The Hall–Kier alpha value is -2.64. The topological polar surface area (TPSA) is 76.0 Å². The van der Waals surface area contributed by atoms with Gasteiger partial charge in [-0.3, -0.25) is 4.79 Å². The molecule has 23 heavy (non-hydrogen) atoms. The van der Waals surface area contributed by atoms with Crippen LogP contribution in [0.1, 0.15) is 9.67 Å². The van der Waals surface area contributed by atoms with Crippen LogP contribution in [0.3, 0.4) is 0 Å². The molecule has 2 amide bonds. The number of aldehydes is 1. The molecule has 6 nitrogen and oxygen atoms in total. The van der Waals surface area contributed by atoms with Crippen molar-refractivity contribution in [2.75, 3.05) is 10.6 Å². The Balaban J connectivity index is 1.68. The first-order chi connectivity index (χ1) is 11.2. The number of halogens is 1. The second-order valence-electron chi connectivity index (χ2n) is 4.56. The van der Waals surface area contributed by atoms with Gasteiger partial charge in [-0.25, -0.2) is 9.48 Å². The molecule has 0 aliphatic rings. The smallest absolute Gasteiger partial charge is 0.306 e. The van der Waals surface area contributed by atoms with Crippen molar-refractivity contribution < 1.29 is 9.59 Å². The number of para-hydroxylation sites is 1. The van der Waals surface area contributed by atoms with Crippen LogP contribution in [0.15, 0.2) is 48.1 Å². The number of nitrogens with one attached hydrogen (secondary N) is 2. The highest BCUT2D eigenvalue weighted by Crippen LogP contribution is 2.21. The van der Waals surface area contributed by atoms with Crippen molar-refractivity contribution in [1.29, 1.82) is 0 Å². The minimum absolute atomic E-state index is 0.420. The molecule has 0 fully saturated rings. The molecule has 2 N–H and O–H groups in total. The third-order valence-electron chi connectivity index (χ3n) is 2.95. The van der Waals surface area contributed by atoms with Crippen molar-refractivity contribution in [3.63, 3.8) is 0 Å². The van der Waals surface area contributed by atoms with E-state index in [2.05, 4.69) is 15.7 Å². The molecule has 3 aromatic rings. The lowest BCUT2D eigenvalue weighted by atomic mass is 10.3. The predicted octanol–water partition coefficient (Wildman–Crippen LogP) is 4.04. The van der Waals surface area contributed by atoms with E-state index < -0.39 is 6.03 Å². The van der Waals surface area contributed by atoms with Crippen LogP contribution in [0.4, 0.5) is 16.2 Å². The van der Waals surface area contributed by atoms with Gasteiger partial charge in [0.2, 0.25) is 0 Å². The monoisotopic (exact) mass is 346 g/mol. The zero-order valence-corrected chi connectivity index (χ0v) is 13.3. The largest absolute Gasteiger partial charge is 0.323 e. The summed E-state index contributed by atoms with van der Waals surface area (Å²) in [5, 5.41) is 11.7. The van der Waals surface area contributed by atoms with Crippen molar-refractivity contribution in [3.8, 4) is 5.69 Å². The number of nitrogens with zero attached hydrogens (tertiary/aromatic N) is 2. The van der Waals surface area contributed by atoms with E-state index in [4.69, 9.17) is 11.6 Å². The normalized spacial score (nSPS) is 10.3. The molecule has 0 unspecified atom stereocenters. The Bertz CT molecular complexity index is 859. The van der Waals surface area contributed by atoms with Crippen LogP contribution in [-0.2, 0) is 0 Å². The highest BCUT2D eigenvalue weighted by molar-refractivity contribution is 7.12. The molecule has 2 heterocycles. The van der Waals surface area contributed by atoms with Crippen LogP contribution in [-0.4, -0.2) is 22.1 Å². The van der Waals surface area contributed by atoms with Crippen LogP contribution in [0.2, 0.25) is 5.02 Å². The number of benzene rings is 1. The van der Waals surface area contributed by atoms with E-state index >= 15 is 0 Å². The number of carbonyl (C=O) groups is 2. The van der Waals surface area contributed by atoms with Gasteiger partial charge < -0.3 is 10.6 Å². The van der Waals surface area contributed by atoms with E-state index in [-0.39, 0.29) is 0 Å². The number of thiophene rings is 1. The van der Waals surface area contributed by atoms with Gasteiger partial charge in [0.1, 0.15) is 0 Å². The van der Waals surface area contributed by atoms with Gasteiger partial charge in [0.15, 0.2) is 6.29 Å². The van der Waals surface area contributed by atoms with Crippen LogP contribution in [0.5, 0.6) is 0 Å². The highest BCUT2D eigenvalue weighted by Gasteiger charge is 2.08. The average molecular weight is 347 g/mol. The molecule has 3 rings (SSSR count). The Morgan fingerprint density at radius 1 is 1.30 bits per heavy atom. The van der Waals surface area contributed by atoms with Gasteiger partial charge in [0.25, 0.3) is 0 Å². The van der Waals surface area contributed by atoms with E-state index in [0.29, 0.717) is 21.3 Å². The van der Waals surface area contributed by atoms with Crippen molar-refractivity contribution >= 4 is 46.6 Å². The first-order valence-corrected chi connectivity index (χ1v) is 7.83. The lowest BCUT2D eigenvalue weighted by Crippen LogP contribution is -2.19. The number of urea groups is 1. The molecular weight excluding hydrogens is 336 g/mol. The zero-order valence-electron chi connectivity index (χ0n) is 11.7. The summed E-state index contributed by atoms with van der Waals surface area (Å²) in [6.45, 7) is 0. The number of carbonyl (C=O) groups excluding carboxylic acids is 2. The van der Waals surface area contributed by atoms with Gasteiger partial charge in [-0.2, -0.15) is 5.10 Å². The molecule has 116 valence electrons. The number of rotatable bonds is 4. The Labute approximate surface area is 140 Å². The summed E-state index contributed by atoms with van der Waals surface area (Å²) in [5.74, 6) is 0. The molecule has 0 aliphatic heterocycles. The quantitative estimate of drug-likeness (QED) is 0.700. The molecule has 1 aromatic carbocycles. The van der Waals surface area contributed by atoms with E-state index in [0.717, 1.165) is 12.0 Å². The fourth-order valence-corrected chi connectivity index (χ4v) is 2.76. The molecule has 0 radical (unpaired) electrons. The van der Waals surface area contributed by atoms with Crippen LogP contribution >= 0.6 is 22.9 Å². The van der Waals surface area contributed by atoms with Crippen LogP contribution in [0.25, 0.3) is 5.69 Å². The standard InChI is InChI=1S/C15H11ClN4O2S/c16-13-3-1-2-4-14(13)19-15(22)18-10-6-17-20(7-10)11-5-12(8-21)23-9-11/h1-9H,(H2,18,19,22). The Kier molecular flexibility index (Phi) is 4.40. The second kappa shape index (κ2) is 6.64. The van der Waals surface area contributed by atoms with Crippen molar-refractivity contribution in [2.24, 2.45) is 0 Å². The zero-order chi connectivity index (χ0) is 16.2. The van der Waals surface area contributed by atoms with Gasteiger partial charge in [-0.15, -0.1) is 11.3 Å². The molecular formula is C15H11ClN4O2S. The maximum absolute atomic E-state index is 12.0. The number of hydrogen-bond acceptors (Lipinski definition) is 4. The van der Waals surface area contributed by atoms with E-state index in [9.17, 15) is 9.59 Å². The Morgan fingerprint density at radius 3 is 2.87 bits per heavy atom. The molecule has 0 saturated heterocycles. The lowest BCUT2D eigenvalue weighted by Gasteiger charge is -2.07. The fourth-order valence-electron chi connectivity index (χ4n) is 1.90. The summed E-state index contributed by atoms with van der Waals surface area (Å²) in [6.07, 6.45) is 3.96. The summed E-state index contributed by atoms with van der Waals surface area (Å²) >= 11 is 7.31. The van der Waals surface area contributed by atoms with Gasteiger partial charge in [-0.1, -0.05) is 23.7 Å². The molecule has 8 heteroatoms. The molecule has 2 aromatic heterocycles. The van der Waals surface area contributed by atoms with E-state index in [1.807, 2.05) is 5.38 Å². The summed E-state index contributed by atoms with van der Waals surface area (Å²) in [7, 11) is 0. The maximum Gasteiger partial charge on any atom is 0.323 e. The number of anilines is 2. The number of hydrogen-bond donors (Lipinski definition) is 2. The molecule has 0 atom stereocenters. The number of amides is 2. The number of aromatic nitrogens is 2. The Morgan fingerprint density at radius 2 is 2.13 bits per heavy atom. The SMILES string of the molecule is O=Cc1cc(-n2cc(NC(=O)Nc3ccccc3Cl)cn2)cs1. The summed E-state index contributed by atoms with van der Waals surface area (Å²) in [6, 6.07) is 8.26. The summed E-state index contributed by atoms with van der Waals surface area (Å²) in [5.41, 5.74) is 1.80. The molecule has 0 spiro atoms. The van der Waals surface area contributed by atoms with Crippen molar-refractivity contribution in [3.05, 3.63) is 58.0 Å². The third-order valence-corrected chi connectivity index (χ3v) is 4.12. The van der Waals surface area contributed by atoms with Gasteiger partial charge >= 0.3 is 6.03 Å². The van der Waals surface area contributed by atoms with Gasteiger partial charge in [-0.05, 0) is 18.2 Å². The van der Waals surface area contributed by atoms with Gasteiger partial charge in [0, 0.05) is 5.38 Å². The third kappa shape index (κ3) is 3.58. The summed E-state index contributed by atoms with van der Waals surface area (Å²) in [4.78, 5) is 23.3. The van der Waals surface area contributed by atoms with E-state index in [1.54, 1.807) is 41.2 Å². The van der Waals surface area contributed by atoms with Crippen LogP contribution in [0, 0.1) is 0 Å². The predicted molar refractivity (Wildman–Crippen MR) is 90.9 cm³/mol. The van der Waals surface area contributed by atoms with Crippen molar-refractivity contribution in [1.82, 2.24) is 9.78 Å². The van der Waals surface area contributed by atoms with Gasteiger partial charge in [0.05, 0.1) is 39.4 Å². The van der Waals surface area contributed by atoms with Crippen molar-refractivity contribution in [2.45, 2.75) is 0 Å². The molecule has 0 aliphatic carbocycles. The first-order valence-electron chi connectivity index (χ1n) is 6.57. The average Bonchev–Trinajstić information content (AvgIpc) is 3.18. The van der Waals surface area contributed by atoms with Crippen LogP contribution < -0.4 is 10.6 Å². The first kappa shape index (κ1) is 15.3. The highest BCUT2D eigenvalue weighted by atomic mass is 35.5. The van der Waals surface area contributed by atoms with E-state index in [1.165, 1.54) is 17.5 Å². The fraction of sp³-hybridized carbons (Fsp3) is 0. The maximum atomic E-state index is 12.0.